The van der Waals surface area contributed by atoms with E-state index in [4.69, 9.17) is 9.84 Å². The third-order valence-corrected chi connectivity index (χ3v) is 6.17. The summed E-state index contributed by atoms with van der Waals surface area (Å²) in [7, 11) is -1.32. The number of aliphatic hydroxyl groups excluding tert-OH is 1. The lowest BCUT2D eigenvalue weighted by Gasteiger charge is -2.24. The number of hydrogen-bond acceptors (Lipinski definition) is 5. The summed E-state index contributed by atoms with van der Waals surface area (Å²) in [6.07, 6.45) is -0.636. The molecule has 9 heteroatoms. The predicted molar refractivity (Wildman–Crippen MR) is 120 cm³/mol. The molecule has 30 heavy (non-hydrogen) atoms. The van der Waals surface area contributed by atoms with Gasteiger partial charge in [0.15, 0.2) is 0 Å². The van der Waals surface area contributed by atoms with Crippen LogP contribution in [0.3, 0.4) is 0 Å². The van der Waals surface area contributed by atoms with Crippen molar-refractivity contribution in [1.82, 2.24) is 10.6 Å². The number of alkyl carbamates (subject to hydrolysis) is 1. The van der Waals surface area contributed by atoms with Gasteiger partial charge in [0.1, 0.15) is 12.1 Å². The Labute approximate surface area is 179 Å². The van der Waals surface area contributed by atoms with Gasteiger partial charge in [-0.3, -0.25) is 9.59 Å². The fourth-order valence-electron chi connectivity index (χ4n) is 2.47. The first-order valence-electron chi connectivity index (χ1n) is 10.2. The fourth-order valence-corrected chi connectivity index (χ4v) is 3.18. The lowest BCUT2D eigenvalue weighted by Crippen LogP contribution is -2.53. The second-order valence-corrected chi connectivity index (χ2v) is 14.5. The summed E-state index contributed by atoms with van der Waals surface area (Å²) in [6.45, 7) is 12.0. The Bertz CT molecular complexity index is 716. The molecular formula is C21H35N3O5Si. The molecule has 168 valence electrons. The molecule has 8 nitrogen and oxygen atoms in total. The van der Waals surface area contributed by atoms with Crippen LogP contribution in [-0.4, -0.2) is 49.8 Å². The predicted octanol–water partition coefficient (Wildman–Crippen LogP) is 2.71. The zero-order valence-electron chi connectivity index (χ0n) is 18.7. The summed E-state index contributed by atoms with van der Waals surface area (Å²) in [5.74, 6) is -1.03. The van der Waals surface area contributed by atoms with E-state index in [-0.39, 0.29) is 18.4 Å². The summed E-state index contributed by atoms with van der Waals surface area (Å²) in [6, 6.07) is 5.97. The molecule has 0 saturated heterocycles. The van der Waals surface area contributed by atoms with Crippen LogP contribution in [0.1, 0.15) is 26.3 Å². The molecule has 0 aliphatic heterocycles. The van der Waals surface area contributed by atoms with Gasteiger partial charge in [0.25, 0.3) is 0 Å². The van der Waals surface area contributed by atoms with Gasteiger partial charge >= 0.3 is 6.09 Å². The monoisotopic (exact) mass is 437 g/mol. The number of aliphatic hydroxyl groups is 1. The maximum absolute atomic E-state index is 12.6. The van der Waals surface area contributed by atoms with Crippen molar-refractivity contribution in [2.24, 2.45) is 5.92 Å². The molecule has 1 aromatic carbocycles. The largest absolute Gasteiger partial charge is 0.450 e. The number of carbonyl (C=O) groups is 3. The van der Waals surface area contributed by atoms with Crippen molar-refractivity contribution < 1.29 is 24.2 Å². The minimum Gasteiger partial charge on any atom is -0.450 e. The smallest absolute Gasteiger partial charge is 0.407 e. The zero-order valence-corrected chi connectivity index (χ0v) is 19.7. The van der Waals surface area contributed by atoms with Crippen molar-refractivity contribution in [1.29, 1.82) is 0 Å². The molecule has 0 radical (unpaired) electrons. The molecule has 0 aliphatic rings. The van der Waals surface area contributed by atoms with Gasteiger partial charge in [0.05, 0.1) is 13.2 Å². The first-order valence-corrected chi connectivity index (χ1v) is 13.9. The van der Waals surface area contributed by atoms with Gasteiger partial charge in [0.2, 0.25) is 11.8 Å². The highest BCUT2D eigenvalue weighted by molar-refractivity contribution is 6.76. The van der Waals surface area contributed by atoms with Gasteiger partial charge in [-0.25, -0.2) is 4.79 Å². The van der Waals surface area contributed by atoms with Crippen LogP contribution in [0.5, 0.6) is 0 Å². The van der Waals surface area contributed by atoms with Crippen molar-refractivity contribution in [2.45, 2.75) is 65.1 Å². The second kappa shape index (κ2) is 11.7. The first kappa shape index (κ1) is 25.6. The standard InChI is InChI=1S/C21H35N3O5Si/c1-14(2)18(24-21(28)29-11-12-30(4,5)6)20(27)22-15(3)19(26)23-17-9-7-16(13-25)8-10-17/h7-10,14-15,18,25H,11-13H2,1-6H3,(H,22,27)(H,23,26)(H,24,28)/t15-,18-/m0/s1. The number of nitrogens with one attached hydrogen (secondary N) is 3. The number of carbonyl (C=O) groups excluding carboxylic acids is 3. The number of anilines is 1. The molecule has 0 bridgehead atoms. The minimum absolute atomic E-state index is 0.0785. The topological polar surface area (TPSA) is 117 Å². The van der Waals surface area contributed by atoms with E-state index in [2.05, 4.69) is 35.6 Å². The van der Waals surface area contributed by atoms with Crippen molar-refractivity contribution in [3.8, 4) is 0 Å². The van der Waals surface area contributed by atoms with Crippen LogP contribution in [0.4, 0.5) is 10.5 Å². The third kappa shape index (κ3) is 9.40. The Morgan fingerprint density at radius 1 is 1.00 bits per heavy atom. The van der Waals surface area contributed by atoms with E-state index < -0.39 is 32.2 Å². The molecule has 0 aromatic heterocycles. The van der Waals surface area contributed by atoms with Crippen LogP contribution in [-0.2, 0) is 20.9 Å². The van der Waals surface area contributed by atoms with E-state index in [9.17, 15) is 14.4 Å². The van der Waals surface area contributed by atoms with Crippen LogP contribution in [0.15, 0.2) is 24.3 Å². The molecular weight excluding hydrogens is 402 g/mol. The number of rotatable bonds is 10. The Morgan fingerprint density at radius 3 is 2.10 bits per heavy atom. The molecule has 3 amide bonds. The summed E-state index contributed by atoms with van der Waals surface area (Å²) in [5, 5.41) is 17.0. The molecule has 0 unspecified atom stereocenters. The van der Waals surface area contributed by atoms with Crippen LogP contribution in [0, 0.1) is 5.92 Å². The van der Waals surface area contributed by atoms with Crippen LogP contribution in [0.25, 0.3) is 0 Å². The minimum atomic E-state index is -1.32. The van der Waals surface area contributed by atoms with Gasteiger partial charge in [0, 0.05) is 13.8 Å². The van der Waals surface area contributed by atoms with Gasteiger partial charge in [-0.2, -0.15) is 0 Å². The van der Waals surface area contributed by atoms with E-state index in [1.807, 2.05) is 0 Å². The fraction of sp³-hybridized carbons (Fsp3) is 0.571. The zero-order chi connectivity index (χ0) is 22.9. The molecule has 1 aromatic rings. The van der Waals surface area contributed by atoms with Crippen molar-refractivity contribution in [3.63, 3.8) is 0 Å². The summed E-state index contributed by atoms with van der Waals surface area (Å²) in [4.78, 5) is 37.1. The highest BCUT2D eigenvalue weighted by Crippen LogP contribution is 2.11. The van der Waals surface area contributed by atoms with Gasteiger partial charge in [-0.05, 0) is 36.6 Å². The van der Waals surface area contributed by atoms with E-state index in [0.29, 0.717) is 12.3 Å². The van der Waals surface area contributed by atoms with Crippen LogP contribution >= 0.6 is 0 Å². The summed E-state index contributed by atoms with van der Waals surface area (Å²) in [5.41, 5.74) is 1.29. The molecule has 2 atom stereocenters. The maximum Gasteiger partial charge on any atom is 0.407 e. The molecule has 1 rings (SSSR count). The van der Waals surface area contributed by atoms with E-state index >= 15 is 0 Å². The van der Waals surface area contributed by atoms with Gasteiger partial charge in [-0.15, -0.1) is 0 Å². The normalized spacial score (nSPS) is 13.3. The highest BCUT2D eigenvalue weighted by atomic mass is 28.3. The summed E-state index contributed by atoms with van der Waals surface area (Å²) >= 11 is 0. The van der Waals surface area contributed by atoms with Crippen molar-refractivity contribution in [3.05, 3.63) is 29.8 Å². The van der Waals surface area contributed by atoms with E-state index in [1.165, 1.54) is 0 Å². The first-order chi connectivity index (χ1) is 13.9. The molecule has 0 spiro atoms. The average Bonchev–Trinajstić information content (AvgIpc) is 2.65. The SMILES string of the molecule is CC(C)[C@H](NC(=O)OCC[Si](C)(C)C)C(=O)N[C@@H](C)C(=O)Nc1ccc(CO)cc1. The average molecular weight is 438 g/mol. The lowest BCUT2D eigenvalue weighted by molar-refractivity contribution is -0.128. The van der Waals surface area contributed by atoms with Crippen molar-refractivity contribution >= 4 is 31.7 Å². The van der Waals surface area contributed by atoms with Crippen LogP contribution < -0.4 is 16.0 Å². The highest BCUT2D eigenvalue weighted by Gasteiger charge is 2.27. The van der Waals surface area contributed by atoms with E-state index in [1.54, 1.807) is 45.0 Å². The number of benzene rings is 1. The Balaban J connectivity index is 2.59. The van der Waals surface area contributed by atoms with Crippen molar-refractivity contribution in [2.75, 3.05) is 11.9 Å². The molecule has 0 aliphatic carbocycles. The van der Waals surface area contributed by atoms with Crippen LogP contribution in [0.2, 0.25) is 25.7 Å². The second-order valence-electron chi connectivity index (χ2n) is 8.89. The van der Waals surface area contributed by atoms with Gasteiger partial charge < -0.3 is 25.8 Å². The molecule has 0 heterocycles. The quantitative estimate of drug-likeness (QED) is 0.420. The molecule has 0 fully saturated rings. The molecule has 4 N–H and O–H groups in total. The van der Waals surface area contributed by atoms with E-state index in [0.717, 1.165) is 11.6 Å². The molecule has 0 saturated carbocycles. The van der Waals surface area contributed by atoms with Gasteiger partial charge in [-0.1, -0.05) is 45.6 Å². The number of amides is 3. The Kier molecular flexibility index (Phi) is 10.0. The lowest BCUT2D eigenvalue weighted by atomic mass is 10.0. The maximum atomic E-state index is 12.6. The Hall–Kier alpha value is -2.39. The Morgan fingerprint density at radius 2 is 1.60 bits per heavy atom. The summed E-state index contributed by atoms with van der Waals surface area (Å²) < 4.78 is 5.21. The number of hydrogen-bond donors (Lipinski definition) is 4. The third-order valence-electron chi connectivity index (χ3n) is 4.46. The number of ether oxygens (including phenoxy) is 1.